The molecule has 0 radical (unpaired) electrons. The first-order valence-electron chi connectivity index (χ1n) is 8.93. The molecule has 9 heteroatoms. The molecular weight excluding hydrogens is 435 g/mol. The molecule has 7 nitrogen and oxygen atoms in total. The Hall–Kier alpha value is -2.74. The van der Waals surface area contributed by atoms with E-state index in [1.165, 1.54) is 13.2 Å². The van der Waals surface area contributed by atoms with Crippen LogP contribution in [0.4, 0.5) is 0 Å². The normalized spacial score (nSPS) is 10.9. The highest BCUT2D eigenvalue weighted by Gasteiger charge is 2.17. The van der Waals surface area contributed by atoms with Crippen molar-refractivity contribution in [1.29, 1.82) is 0 Å². The van der Waals surface area contributed by atoms with E-state index in [9.17, 15) is 9.59 Å². The van der Waals surface area contributed by atoms with E-state index in [4.69, 9.17) is 46.9 Å². The number of rotatable bonds is 9. The van der Waals surface area contributed by atoms with Gasteiger partial charge in [-0.15, -0.1) is 0 Å². The molecule has 158 valence electrons. The number of benzene rings is 2. The summed E-state index contributed by atoms with van der Waals surface area (Å²) in [6, 6.07) is 9.46. The van der Waals surface area contributed by atoms with Crippen molar-refractivity contribution in [2.24, 2.45) is 0 Å². The molecule has 0 atom stereocenters. The van der Waals surface area contributed by atoms with Crippen LogP contribution in [-0.4, -0.2) is 38.0 Å². The molecule has 1 aromatic heterocycles. The quantitative estimate of drug-likeness (QED) is 0.472. The molecule has 30 heavy (non-hydrogen) atoms. The van der Waals surface area contributed by atoms with Gasteiger partial charge in [0.05, 0.1) is 41.3 Å². The summed E-state index contributed by atoms with van der Waals surface area (Å²) in [6.07, 6.45) is 0.448. The third-order valence-corrected chi connectivity index (χ3v) is 4.74. The predicted octanol–water partition coefficient (Wildman–Crippen LogP) is 4.65. The lowest BCUT2D eigenvalue weighted by molar-refractivity contribution is -0.142. The molecule has 0 spiro atoms. The summed E-state index contributed by atoms with van der Waals surface area (Å²) in [6.45, 7) is 0.0721. The number of halogens is 2. The maximum Gasteiger partial charge on any atom is 0.329 e. The predicted molar refractivity (Wildman–Crippen MR) is 113 cm³/mol. The van der Waals surface area contributed by atoms with Crippen molar-refractivity contribution >= 4 is 40.1 Å². The van der Waals surface area contributed by atoms with Gasteiger partial charge in [0.1, 0.15) is 23.9 Å². The molecule has 0 fully saturated rings. The Morgan fingerprint density at radius 2 is 1.90 bits per heavy atom. The molecule has 0 aliphatic carbocycles. The van der Waals surface area contributed by atoms with Gasteiger partial charge in [0.15, 0.2) is 11.0 Å². The van der Waals surface area contributed by atoms with E-state index in [1.54, 1.807) is 30.3 Å². The Bertz CT molecular complexity index is 1120. The first-order valence-corrected chi connectivity index (χ1v) is 9.69. The monoisotopic (exact) mass is 452 g/mol. The van der Waals surface area contributed by atoms with E-state index in [0.29, 0.717) is 38.9 Å². The smallest absolute Gasteiger partial charge is 0.329 e. The summed E-state index contributed by atoms with van der Waals surface area (Å²) in [5.41, 5.74) is 0.473. The summed E-state index contributed by atoms with van der Waals surface area (Å²) in [4.78, 5) is 23.0. The first-order chi connectivity index (χ1) is 14.4. The van der Waals surface area contributed by atoms with Crippen LogP contribution < -0.4 is 14.9 Å². The Kier molecular flexibility index (Phi) is 7.20. The van der Waals surface area contributed by atoms with E-state index in [-0.39, 0.29) is 36.6 Å². The summed E-state index contributed by atoms with van der Waals surface area (Å²) in [5, 5.41) is 9.57. The largest absolute Gasteiger partial charge is 0.495 e. The van der Waals surface area contributed by atoms with Crippen molar-refractivity contribution in [3.63, 3.8) is 0 Å². The number of aliphatic carboxylic acids is 1. The Morgan fingerprint density at radius 1 is 1.10 bits per heavy atom. The number of carboxylic acid groups (broad SMARTS) is 1. The zero-order valence-electron chi connectivity index (χ0n) is 15.9. The third kappa shape index (κ3) is 5.05. The van der Waals surface area contributed by atoms with Gasteiger partial charge in [0.2, 0.25) is 0 Å². The van der Waals surface area contributed by atoms with Crippen LogP contribution in [-0.2, 0) is 9.53 Å². The summed E-state index contributed by atoms with van der Waals surface area (Å²) < 4.78 is 22.0. The lowest BCUT2D eigenvalue weighted by Crippen LogP contribution is -2.10. The van der Waals surface area contributed by atoms with Gasteiger partial charge in [-0.05, 0) is 18.2 Å². The number of ether oxygens (including phenoxy) is 3. The second-order valence-corrected chi connectivity index (χ2v) is 7.04. The molecule has 0 bridgehead atoms. The number of methoxy groups -OCH3 is 1. The van der Waals surface area contributed by atoms with Crippen LogP contribution in [0.15, 0.2) is 45.6 Å². The minimum Gasteiger partial charge on any atom is -0.495 e. The second-order valence-electron chi connectivity index (χ2n) is 6.22. The molecular formula is C21H18Cl2O7. The molecule has 0 amide bonds. The van der Waals surface area contributed by atoms with Gasteiger partial charge in [-0.2, -0.15) is 0 Å². The topological polar surface area (TPSA) is 95.2 Å². The highest BCUT2D eigenvalue weighted by atomic mass is 35.5. The van der Waals surface area contributed by atoms with Gasteiger partial charge in [0.25, 0.3) is 0 Å². The van der Waals surface area contributed by atoms with Crippen LogP contribution in [0, 0.1) is 0 Å². The van der Waals surface area contributed by atoms with Gasteiger partial charge < -0.3 is 23.7 Å². The zero-order chi connectivity index (χ0) is 21.7. The minimum absolute atomic E-state index is 0.214. The maximum atomic E-state index is 12.6. The van der Waals surface area contributed by atoms with Crippen LogP contribution >= 0.6 is 23.2 Å². The lowest BCUT2D eigenvalue weighted by atomic mass is 10.1. The number of carboxylic acids is 1. The first kappa shape index (κ1) is 22.0. The van der Waals surface area contributed by atoms with Crippen LogP contribution in [0.1, 0.15) is 6.42 Å². The summed E-state index contributed by atoms with van der Waals surface area (Å²) in [7, 11) is 1.47. The van der Waals surface area contributed by atoms with Crippen molar-refractivity contribution in [3.05, 3.63) is 56.7 Å². The molecule has 1 heterocycles. The number of fused-ring (bicyclic) bond motifs is 1. The average Bonchev–Trinajstić information content (AvgIpc) is 2.71. The molecule has 0 aliphatic heterocycles. The molecule has 3 aromatic rings. The van der Waals surface area contributed by atoms with Gasteiger partial charge in [-0.3, -0.25) is 4.79 Å². The molecule has 0 saturated heterocycles. The molecule has 1 N–H and O–H groups in total. The van der Waals surface area contributed by atoms with Crippen molar-refractivity contribution in [1.82, 2.24) is 0 Å². The Morgan fingerprint density at radius 3 is 2.63 bits per heavy atom. The fraction of sp³-hybridized carbons (Fsp3) is 0.238. The SMILES string of the molecule is COc1cc(-c2cc(=O)c3cccc(Cl)c3o2)c(OCCCOCC(=O)O)cc1Cl. The van der Waals surface area contributed by atoms with E-state index in [0.717, 1.165) is 0 Å². The minimum atomic E-state index is -1.04. The number of hydrogen-bond acceptors (Lipinski definition) is 6. The van der Waals surface area contributed by atoms with Crippen LogP contribution in [0.25, 0.3) is 22.3 Å². The number of para-hydroxylation sites is 1. The van der Waals surface area contributed by atoms with Crippen LogP contribution in [0.3, 0.4) is 0 Å². The Labute approximate surface area is 181 Å². The Balaban J connectivity index is 1.93. The maximum absolute atomic E-state index is 12.6. The van der Waals surface area contributed by atoms with E-state index >= 15 is 0 Å². The molecule has 3 rings (SSSR count). The van der Waals surface area contributed by atoms with Gasteiger partial charge in [-0.25, -0.2) is 4.79 Å². The van der Waals surface area contributed by atoms with Crippen LogP contribution in [0.2, 0.25) is 10.0 Å². The van der Waals surface area contributed by atoms with Crippen molar-refractivity contribution in [3.8, 4) is 22.8 Å². The summed E-state index contributed by atoms with van der Waals surface area (Å²) in [5.74, 6) is -0.0443. The number of hydrogen-bond donors (Lipinski definition) is 1. The highest BCUT2D eigenvalue weighted by molar-refractivity contribution is 6.34. The molecule has 2 aromatic carbocycles. The molecule has 0 unspecified atom stereocenters. The highest BCUT2D eigenvalue weighted by Crippen LogP contribution is 2.39. The zero-order valence-corrected chi connectivity index (χ0v) is 17.5. The van der Waals surface area contributed by atoms with E-state index in [1.807, 2.05) is 0 Å². The molecule has 0 aliphatic rings. The summed E-state index contributed by atoms with van der Waals surface area (Å²) >= 11 is 12.4. The van der Waals surface area contributed by atoms with Gasteiger partial charge in [0, 0.05) is 18.6 Å². The van der Waals surface area contributed by atoms with Crippen molar-refractivity contribution in [2.75, 3.05) is 26.9 Å². The molecule has 0 saturated carbocycles. The fourth-order valence-electron chi connectivity index (χ4n) is 2.78. The van der Waals surface area contributed by atoms with E-state index in [2.05, 4.69) is 0 Å². The van der Waals surface area contributed by atoms with Crippen LogP contribution in [0.5, 0.6) is 11.5 Å². The standard InChI is InChI=1S/C21H18Cl2O7/c1-27-19-8-13(17(9-15(19)23)29-7-3-6-28-11-20(25)26)18-10-16(24)12-4-2-5-14(22)21(12)30-18/h2,4-5,8-10H,3,6-7,11H2,1H3,(H,25,26). The van der Waals surface area contributed by atoms with Crippen molar-refractivity contribution < 1.29 is 28.5 Å². The van der Waals surface area contributed by atoms with Crippen molar-refractivity contribution in [2.45, 2.75) is 6.42 Å². The number of carbonyl (C=O) groups is 1. The lowest BCUT2D eigenvalue weighted by Gasteiger charge is -2.14. The van der Waals surface area contributed by atoms with Gasteiger partial charge in [-0.1, -0.05) is 29.3 Å². The third-order valence-electron chi connectivity index (χ3n) is 4.14. The second kappa shape index (κ2) is 9.84. The fourth-order valence-corrected chi connectivity index (χ4v) is 3.23. The van der Waals surface area contributed by atoms with E-state index < -0.39 is 5.97 Å². The average molecular weight is 453 g/mol. The van der Waals surface area contributed by atoms with Gasteiger partial charge >= 0.3 is 5.97 Å².